The molecule has 6 rings (SSSR count). The summed E-state index contributed by atoms with van der Waals surface area (Å²) < 4.78 is 36.2. The van der Waals surface area contributed by atoms with Crippen LogP contribution < -0.4 is 4.74 Å². The van der Waals surface area contributed by atoms with Crippen LogP contribution in [0.15, 0.2) is 115 Å². The number of rotatable bonds is 7. The molecule has 0 amide bonds. The highest BCUT2D eigenvalue weighted by Gasteiger charge is 2.24. The average molecular weight is 542 g/mol. The first kappa shape index (κ1) is 24.0. The molecule has 0 spiro atoms. The Hall–Kier alpha value is -4.40. The van der Waals surface area contributed by atoms with Crippen LogP contribution in [0.4, 0.5) is 0 Å². The summed E-state index contributed by atoms with van der Waals surface area (Å²) in [5, 5.41) is 2.03. The van der Waals surface area contributed by atoms with Gasteiger partial charge in [-0.25, -0.2) is 12.4 Å². The Morgan fingerprint density at radius 3 is 2.53 bits per heavy atom. The van der Waals surface area contributed by atoms with E-state index < -0.39 is 10.0 Å². The van der Waals surface area contributed by atoms with E-state index >= 15 is 0 Å². The van der Waals surface area contributed by atoms with E-state index in [4.69, 9.17) is 16.3 Å². The predicted octanol–water partition coefficient (Wildman–Crippen LogP) is 6.56. The molecule has 0 atom stereocenters. The summed E-state index contributed by atoms with van der Waals surface area (Å²) in [7, 11) is -3.99. The van der Waals surface area contributed by atoms with Gasteiger partial charge in [-0.1, -0.05) is 29.8 Å². The molecule has 0 unspecified atom stereocenters. The van der Waals surface area contributed by atoms with E-state index in [0.29, 0.717) is 33.0 Å². The highest BCUT2D eigenvalue weighted by atomic mass is 35.5. The lowest BCUT2D eigenvalue weighted by Crippen LogP contribution is -2.12. The van der Waals surface area contributed by atoms with E-state index in [1.165, 1.54) is 18.3 Å². The zero-order valence-electron chi connectivity index (χ0n) is 19.9. The molecule has 0 saturated carbocycles. The summed E-state index contributed by atoms with van der Waals surface area (Å²) in [4.78, 5) is 17.8. The lowest BCUT2D eigenvalue weighted by molar-refractivity contribution is 0.0975. The predicted molar refractivity (Wildman–Crippen MR) is 147 cm³/mol. The van der Waals surface area contributed by atoms with Gasteiger partial charge in [-0.2, -0.15) is 0 Å². The number of hydrogen-bond acceptors (Lipinski definition) is 5. The van der Waals surface area contributed by atoms with Crippen molar-refractivity contribution in [2.75, 3.05) is 0 Å². The van der Waals surface area contributed by atoms with E-state index in [1.807, 2.05) is 29.0 Å². The Bertz CT molecular complexity index is 1910. The maximum atomic E-state index is 13.7. The van der Waals surface area contributed by atoms with Crippen LogP contribution >= 0.6 is 11.6 Å². The number of Topliss-reactive ketones (excluding diaryl/α,β-unsaturated/α-hetero) is 1. The number of fused-ring (bicyclic) bond motifs is 2. The van der Waals surface area contributed by atoms with Crippen LogP contribution in [0, 0.1) is 0 Å². The smallest absolute Gasteiger partial charge is 0.268 e. The van der Waals surface area contributed by atoms with E-state index in [-0.39, 0.29) is 17.2 Å². The van der Waals surface area contributed by atoms with Gasteiger partial charge in [0.15, 0.2) is 5.78 Å². The van der Waals surface area contributed by atoms with Gasteiger partial charge >= 0.3 is 0 Å². The molecule has 3 heterocycles. The van der Waals surface area contributed by atoms with Crippen molar-refractivity contribution in [3.8, 4) is 11.5 Å². The Labute approximate surface area is 223 Å². The third-order valence-electron chi connectivity index (χ3n) is 6.26. The fourth-order valence-corrected chi connectivity index (χ4v) is 6.02. The SMILES string of the molecule is O=C(Cn1ccc2cc(Cl)ccc21)c1cn(S(=O)(=O)c2ccccc2)c2cc(Oc3cccnc3)ccc12. The van der Waals surface area contributed by atoms with Gasteiger partial charge in [0.1, 0.15) is 11.5 Å². The fourth-order valence-electron chi connectivity index (χ4n) is 4.46. The first-order chi connectivity index (χ1) is 18.4. The highest BCUT2D eigenvalue weighted by Crippen LogP contribution is 2.32. The minimum atomic E-state index is -3.99. The van der Waals surface area contributed by atoms with Gasteiger partial charge in [-0.05, 0) is 60.7 Å². The lowest BCUT2D eigenvalue weighted by atomic mass is 10.1. The molecule has 0 fully saturated rings. The Morgan fingerprint density at radius 2 is 1.74 bits per heavy atom. The lowest BCUT2D eigenvalue weighted by Gasteiger charge is -2.09. The van der Waals surface area contributed by atoms with Crippen molar-refractivity contribution in [2.24, 2.45) is 0 Å². The van der Waals surface area contributed by atoms with Gasteiger partial charge in [0.25, 0.3) is 10.0 Å². The molecule has 0 radical (unpaired) electrons. The topological polar surface area (TPSA) is 83.2 Å². The van der Waals surface area contributed by atoms with Gasteiger partial charge in [-0.15, -0.1) is 0 Å². The second kappa shape index (κ2) is 9.48. The molecule has 0 aliphatic heterocycles. The van der Waals surface area contributed by atoms with Gasteiger partial charge < -0.3 is 9.30 Å². The third-order valence-corrected chi connectivity index (χ3v) is 8.18. The number of benzene rings is 3. The minimum Gasteiger partial charge on any atom is -0.456 e. The van der Waals surface area contributed by atoms with Crippen LogP contribution in [0.3, 0.4) is 0 Å². The normalized spacial score (nSPS) is 11.7. The van der Waals surface area contributed by atoms with Gasteiger partial charge in [0, 0.05) is 51.5 Å². The fraction of sp³-hybridized carbons (Fsp3) is 0.0345. The molecular weight excluding hydrogens is 522 g/mol. The zero-order chi connectivity index (χ0) is 26.3. The molecule has 3 aromatic carbocycles. The van der Waals surface area contributed by atoms with Crippen LogP contribution in [0.1, 0.15) is 10.4 Å². The maximum absolute atomic E-state index is 13.7. The molecule has 0 saturated heterocycles. The molecule has 0 aliphatic carbocycles. The Morgan fingerprint density at radius 1 is 0.895 bits per heavy atom. The number of hydrogen-bond donors (Lipinski definition) is 0. The van der Waals surface area contributed by atoms with Crippen LogP contribution in [0.2, 0.25) is 5.02 Å². The van der Waals surface area contributed by atoms with Crippen molar-refractivity contribution in [3.05, 3.63) is 120 Å². The summed E-state index contributed by atoms with van der Waals surface area (Å²) in [5.41, 5.74) is 1.49. The molecule has 0 bridgehead atoms. The summed E-state index contributed by atoms with van der Waals surface area (Å²) in [6, 6.07) is 24.0. The van der Waals surface area contributed by atoms with Crippen LogP contribution in [0.5, 0.6) is 11.5 Å². The Kier molecular flexibility index (Phi) is 5.98. The van der Waals surface area contributed by atoms with Gasteiger partial charge in [0.2, 0.25) is 0 Å². The van der Waals surface area contributed by atoms with E-state index in [9.17, 15) is 13.2 Å². The van der Waals surface area contributed by atoms with E-state index in [1.54, 1.807) is 67.0 Å². The quantitative estimate of drug-likeness (QED) is 0.214. The highest BCUT2D eigenvalue weighted by molar-refractivity contribution is 7.90. The third kappa shape index (κ3) is 4.34. The average Bonchev–Trinajstić information content (AvgIpc) is 3.51. The number of pyridine rings is 1. The number of ether oxygens (including phenoxy) is 1. The van der Waals surface area contributed by atoms with Crippen molar-refractivity contribution < 1.29 is 17.9 Å². The second-order valence-corrected chi connectivity index (χ2v) is 10.9. The van der Waals surface area contributed by atoms with Crippen LogP contribution in [-0.4, -0.2) is 27.7 Å². The number of nitrogens with zero attached hydrogens (tertiary/aromatic N) is 3. The molecule has 0 N–H and O–H groups in total. The number of carbonyl (C=O) groups is 1. The number of halogens is 1. The van der Waals surface area contributed by atoms with E-state index in [2.05, 4.69) is 4.98 Å². The molecule has 6 aromatic rings. The van der Waals surface area contributed by atoms with Crippen molar-refractivity contribution >= 4 is 49.2 Å². The summed E-state index contributed by atoms with van der Waals surface area (Å²) in [5.74, 6) is 0.692. The van der Waals surface area contributed by atoms with Crippen molar-refractivity contribution in [3.63, 3.8) is 0 Å². The monoisotopic (exact) mass is 541 g/mol. The standard InChI is InChI=1S/C29H20ClN3O4S/c30-21-8-11-27-20(15-21)12-14-32(27)19-29(34)26-18-33(38(35,36)24-6-2-1-3-7-24)28-16-22(9-10-25(26)28)37-23-5-4-13-31-17-23/h1-18H,19H2. The molecule has 38 heavy (non-hydrogen) atoms. The van der Waals surface area contributed by atoms with Gasteiger partial charge in [-0.3, -0.25) is 9.78 Å². The number of carbonyl (C=O) groups excluding carboxylic acids is 1. The summed E-state index contributed by atoms with van der Waals surface area (Å²) >= 11 is 6.11. The summed E-state index contributed by atoms with van der Waals surface area (Å²) in [6.07, 6.45) is 6.41. The first-order valence-electron chi connectivity index (χ1n) is 11.7. The van der Waals surface area contributed by atoms with Gasteiger partial charge in [0.05, 0.1) is 23.2 Å². The number of ketones is 1. The largest absolute Gasteiger partial charge is 0.456 e. The molecule has 7 nitrogen and oxygen atoms in total. The summed E-state index contributed by atoms with van der Waals surface area (Å²) in [6.45, 7) is 0.0313. The van der Waals surface area contributed by atoms with Crippen molar-refractivity contribution in [2.45, 2.75) is 11.4 Å². The Balaban J connectivity index is 1.46. The van der Waals surface area contributed by atoms with Crippen LogP contribution in [0.25, 0.3) is 21.8 Å². The number of aromatic nitrogens is 3. The maximum Gasteiger partial charge on any atom is 0.268 e. The second-order valence-electron chi connectivity index (χ2n) is 8.70. The zero-order valence-corrected chi connectivity index (χ0v) is 21.4. The molecule has 188 valence electrons. The molecule has 0 aliphatic rings. The minimum absolute atomic E-state index is 0.0313. The molecule has 3 aromatic heterocycles. The van der Waals surface area contributed by atoms with Crippen LogP contribution in [-0.2, 0) is 16.6 Å². The first-order valence-corrected chi connectivity index (χ1v) is 13.5. The van der Waals surface area contributed by atoms with E-state index in [0.717, 1.165) is 14.9 Å². The van der Waals surface area contributed by atoms with Crippen molar-refractivity contribution in [1.29, 1.82) is 0 Å². The molecule has 9 heteroatoms. The van der Waals surface area contributed by atoms with Crippen molar-refractivity contribution in [1.82, 2.24) is 13.5 Å². The molecular formula is C29H20ClN3O4S.